The van der Waals surface area contributed by atoms with E-state index in [9.17, 15) is 0 Å². The van der Waals surface area contributed by atoms with E-state index in [1.54, 1.807) is 5.57 Å². The van der Waals surface area contributed by atoms with Crippen LogP contribution in [0.5, 0.6) is 0 Å². The topological polar surface area (TPSA) is 27.7 Å². The predicted octanol–water partition coefficient (Wildman–Crippen LogP) is 12.4. The second-order valence-corrected chi connectivity index (χ2v) is 40.9. The Morgan fingerprint density at radius 3 is 1.73 bits per heavy atom. The zero-order valence-corrected chi connectivity index (χ0v) is 37.7. The summed E-state index contributed by atoms with van der Waals surface area (Å²) in [5.41, 5.74) is 4.76. The Morgan fingerprint density at radius 1 is 0.756 bits per heavy atom. The molecular weight excluding hydrogens is 617 g/mol. The van der Waals surface area contributed by atoms with Crippen molar-refractivity contribution in [2.45, 2.75) is 195 Å². The second-order valence-electron chi connectivity index (χ2n) is 21.4. The molecule has 0 amide bonds. The van der Waals surface area contributed by atoms with Crippen LogP contribution in [0.25, 0.3) is 0 Å². The zero-order chi connectivity index (χ0) is 35.0. The van der Waals surface area contributed by atoms with E-state index in [0.717, 1.165) is 12.8 Å². The Bertz CT molecular complexity index is 1140. The van der Waals surface area contributed by atoms with Crippen LogP contribution in [0.15, 0.2) is 22.8 Å². The fourth-order valence-corrected chi connectivity index (χ4v) is 13.5. The van der Waals surface area contributed by atoms with Crippen molar-refractivity contribution in [3.63, 3.8) is 0 Å². The highest BCUT2D eigenvalue weighted by molar-refractivity contribution is 6.76. The van der Waals surface area contributed by atoms with Crippen molar-refractivity contribution < 1.29 is 13.3 Å². The summed E-state index contributed by atoms with van der Waals surface area (Å²) in [5, 5.41) is 0.279. The minimum atomic E-state index is -2.18. The molecule has 3 nitrogen and oxygen atoms in total. The maximum atomic E-state index is 7.85. The van der Waals surface area contributed by atoms with Crippen molar-refractivity contribution in [2.75, 3.05) is 0 Å². The molecule has 6 atom stereocenters. The van der Waals surface area contributed by atoms with E-state index in [2.05, 4.69) is 141 Å². The highest BCUT2D eigenvalue weighted by Gasteiger charge is 2.59. The third-order valence-corrected chi connectivity index (χ3v) is 24.2. The molecule has 0 unspecified atom stereocenters. The quantitative estimate of drug-likeness (QED) is 0.187. The van der Waals surface area contributed by atoms with Crippen LogP contribution >= 0.6 is 0 Å². The van der Waals surface area contributed by atoms with Gasteiger partial charge in [-0.1, -0.05) is 93.6 Å². The molecule has 0 heterocycles. The van der Waals surface area contributed by atoms with Gasteiger partial charge in [0.2, 0.25) is 0 Å². The van der Waals surface area contributed by atoms with Crippen LogP contribution in [-0.2, 0) is 13.3 Å². The maximum absolute atomic E-state index is 7.85. The molecule has 0 aliphatic heterocycles. The Hall–Kier alpha value is 0.228. The fourth-order valence-electron chi connectivity index (χ4n) is 8.13. The molecule has 0 aromatic rings. The molecule has 1 saturated carbocycles. The first-order chi connectivity index (χ1) is 19.8. The number of hydrogen-bond donors (Lipinski definition) is 0. The lowest BCUT2D eigenvalue weighted by Crippen LogP contribution is -2.62. The number of allylic oxidation sites excluding steroid dienone is 2. The maximum Gasteiger partial charge on any atom is 0.193 e. The highest BCUT2D eigenvalue weighted by atomic mass is 28.4. The molecule has 3 aliphatic carbocycles. The molecule has 0 saturated heterocycles. The van der Waals surface area contributed by atoms with E-state index in [-0.39, 0.29) is 39.2 Å². The summed E-state index contributed by atoms with van der Waals surface area (Å²) in [4.78, 5) is 0. The average Bonchev–Trinajstić information content (AvgIpc) is 2.78. The molecule has 7 heteroatoms. The van der Waals surface area contributed by atoms with Crippen LogP contribution in [0.4, 0.5) is 0 Å². The predicted molar refractivity (Wildman–Crippen MR) is 209 cm³/mol. The lowest BCUT2D eigenvalue weighted by Gasteiger charge is -2.60. The van der Waals surface area contributed by atoms with Crippen LogP contribution < -0.4 is 0 Å². The summed E-state index contributed by atoms with van der Waals surface area (Å²) >= 11 is 0. The van der Waals surface area contributed by atoms with Gasteiger partial charge in [0.25, 0.3) is 0 Å². The molecular formula is C38H76O3Si4. The summed E-state index contributed by atoms with van der Waals surface area (Å²) in [7, 11) is -7.46. The summed E-state index contributed by atoms with van der Waals surface area (Å²) in [6.45, 7) is 49.1. The van der Waals surface area contributed by atoms with Gasteiger partial charge in [-0.25, -0.2) is 0 Å². The number of hydrogen-bond acceptors (Lipinski definition) is 3. The van der Waals surface area contributed by atoms with Gasteiger partial charge in [0.05, 0.1) is 18.3 Å². The first-order valence-corrected chi connectivity index (χ1v) is 31.2. The van der Waals surface area contributed by atoms with E-state index in [4.69, 9.17) is 13.3 Å². The number of fused-ring (bicyclic) bond motifs is 3. The summed E-state index contributed by atoms with van der Waals surface area (Å²) in [5.74, 6) is 1.05. The summed E-state index contributed by atoms with van der Waals surface area (Å²) < 4.78 is 22.9. The van der Waals surface area contributed by atoms with Gasteiger partial charge in [0.15, 0.2) is 25.0 Å². The first kappa shape index (κ1) is 39.7. The van der Waals surface area contributed by atoms with Gasteiger partial charge >= 0.3 is 0 Å². The van der Waals surface area contributed by atoms with E-state index in [0.29, 0.717) is 11.8 Å². The molecule has 0 radical (unpaired) electrons. The molecule has 1 fully saturated rings. The molecule has 0 aromatic heterocycles. The molecule has 0 spiro atoms. The summed E-state index contributed by atoms with van der Waals surface area (Å²) in [6, 6.07) is 1.29. The Labute approximate surface area is 285 Å². The van der Waals surface area contributed by atoms with Crippen molar-refractivity contribution in [3.8, 4) is 0 Å². The van der Waals surface area contributed by atoms with Gasteiger partial charge < -0.3 is 13.3 Å². The van der Waals surface area contributed by atoms with Crippen LogP contribution in [0, 0.1) is 22.7 Å². The van der Waals surface area contributed by atoms with Crippen molar-refractivity contribution in [2.24, 2.45) is 22.7 Å². The standard InChI is InChI=1S/C38H76O3Si4/c1-27-31(39-44(17,18)35(2,3)4)25-29-24-30-28(26-42(11,12)13)22-21-23-38(30,10)34(41-43(14,15)16)33(32(27)37(29,8)9)40-45(19,20)36(5,6)7/h22,29-31,33-34H,21,23-26H2,1-20H3/t29-,30-,31+,33-,34+,38-/m1/s1. The van der Waals surface area contributed by atoms with E-state index in [1.807, 2.05) is 0 Å². The van der Waals surface area contributed by atoms with Gasteiger partial charge in [-0.15, -0.1) is 0 Å². The van der Waals surface area contributed by atoms with Gasteiger partial charge in [-0.3, -0.25) is 0 Å². The lowest BCUT2D eigenvalue weighted by atomic mass is 9.51. The van der Waals surface area contributed by atoms with Crippen molar-refractivity contribution in [1.29, 1.82) is 0 Å². The van der Waals surface area contributed by atoms with Crippen LogP contribution in [0.2, 0.25) is 81.6 Å². The third kappa shape index (κ3) is 8.34. The van der Waals surface area contributed by atoms with Gasteiger partial charge in [0, 0.05) is 13.5 Å². The molecule has 0 aromatic carbocycles. The first-order valence-electron chi connectivity index (χ1n) is 18.3. The molecule has 3 aliphatic rings. The van der Waals surface area contributed by atoms with Gasteiger partial charge in [-0.05, 0) is 123 Å². The smallest absolute Gasteiger partial charge is 0.193 e. The highest BCUT2D eigenvalue weighted by Crippen LogP contribution is 2.61. The molecule has 45 heavy (non-hydrogen) atoms. The van der Waals surface area contributed by atoms with E-state index in [1.165, 1.54) is 30.0 Å². The normalized spacial score (nSPS) is 32.1. The Balaban J connectivity index is 2.41. The zero-order valence-electron chi connectivity index (χ0n) is 33.7. The van der Waals surface area contributed by atoms with Gasteiger partial charge in [0.1, 0.15) is 0 Å². The van der Waals surface area contributed by atoms with Gasteiger partial charge in [-0.2, -0.15) is 0 Å². The van der Waals surface area contributed by atoms with Crippen molar-refractivity contribution in [3.05, 3.63) is 22.8 Å². The fraction of sp³-hybridized carbons (Fsp3) is 0.895. The lowest BCUT2D eigenvalue weighted by molar-refractivity contribution is -0.0881. The second kappa shape index (κ2) is 12.5. The molecule has 262 valence electrons. The largest absolute Gasteiger partial charge is 0.411 e. The third-order valence-electron chi connectivity index (χ3n) is 12.9. The molecule has 2 bridgehead atoms. The average molecular weight is 693 g/mol. The van der Waals surface area contributed by atoms with E-state index < -0.39 is 33.0 Å². The Kier molecular flexibility index (Phi) is 11.0. The van der Waals surface area contributed by atoms with Crippen molar-refractivity contribution >= 4 is 33.0 Å². The minimum absolute atomic E-state index is 0.00844. The SMILES string of the molecule is CC1=C2[C@@H](O[Si](C)(C)C(C)(C)C)[C@H](O[Si](C)(C)C)[C@]3(C)CCC=C(C[Si](C)(C)C)[C@H]3C[C@H](C[C@@H]1O[Si](C)(C)C(C)(C)C)C2(C)C. The summed E-state index contributed by atoms with van der Waals surface area (Å²) in [6.07, 6.45) is 7.49. The Morgan fingerprint density at radius 2 is 1.27 bits per heavy atom. The van der Waals surface area contributed by atoms with Crippen LogP contribution in [0.1, 0.15) is 94.9 Å². The van der Waals surface area contributed by atoms with Crippen LogP contribution in [0.3, 0.4) is 0 Å². The van der Waals surface area contributed by atoms with Crippen LogP contribution in [-0.4, -0.2) is 51.3 Å². The number of rotatable bonds is 8. The van der Waals surface area contributed by atoms with Crippen molar-refractivity contribution in [1.82, 2.24) is 0 Å². The molecule has 3 rings (SSSR count). The minimum Gasteiger partial charge on any atom is -0.411 e. The van der Waals surface area contributed by atoms with E-state index >= 15 is 0 Å². The molecule has 0 N–H and O–H groups in total. The monoisotopic (exact) mass is 692 g/mol.